The van der Waals surface area contributed by atoms with Crippen molar-refractivity contribution in [2.45, 2.75) is 11.3 Å². The zero-order valence-corrected chi connectivity index (χ0v) is 18.1. The Morgan fingerprint density at radius 2 is 1.76 bits per heavy atom. The third-order valence-electron chi connectivity index (χ3n) is 5.06. The molecule has 2 aromatic carbocycles. The third-order valence-corrected chi connectivity index (χ3v) is 6.95. The van der Waals surface area contributed by atoms with Gasteiger partial charge in [0.25, 0.3) is 11.6 Å². The van der Waals surface area contributed by atoms with Crippen molar-refractivity contribution in [1.82, 2.24) is 14.5 Å². The van der Waals surface area contributed by atoms with Crippen LogP contribution in [-0.4, -0.2) is 67.1 Å². The monoisotopic (exact) mass is 482 g/mol. The van der Waals surface area contributed by atoms with E-state index in [2.05, 4.69) is 5.32 Å². The summed E-state index contributed by atoms with van der Waals surface area (Å²) in [4.78, 5) is 35.8. The van der Waals surface area contributed by atoms with E-state index in [-0.39, 0.29) is 61.2 Å². The van der Waals surface area contributed by atoms with Crippen LogP contribution in [0, 0.1) is 21.7 Å². The van der Waals surface area contributed by atoms with Gasteiger partial charge < -0.3 is 10.2 Å². The summed E-state index contributed by atoms with van der Waals surface area (Å²) in [5, 5.41) is 13.3. The molecule has 33 heavy (non-hydrogen) atoms. The molecular weight excluding hydrogens is 462 g/mol. The number of hydrogen-bond donors (Lipinski definition) is 1. The van der Waals surface area contributed by atoms with Crippen LogP contribution in [0.2, 0.25) is 0 Å². The van der Waals surface area contributed by atoms with Crippen LogP contribution < -0.4 is 5.32 Å². The van der Waals surface area contributed by atoms with Crippen molar-refractivity contribution in [2.75, 3.05) is 32.7 Å². The Bertz CT molecular complexity index is 1180. The zero-order chi connectivity index (χ0) is 24.2. The molecule has 2 amide bonds. The first-order valence-electron chi connectivity index (χ1n) is 9.85. The molecule has 1 heterocycles. The van der Waals surface area contributed by atoms with Crippen molar-refractivity contribution in [3.05, 3.63) is 69.8 Å². The molecule has 0 radical (unpaired) electrons. The van der Waals surface area contributed by atoms with Gasteiger partial charge in [-0.15, -0.1) is 0 Å². The molecule has 1 aliphatic heterocycles. The summed E-state index contributed by atoms with van der Waals surface area (Å²) in [5.74, 6) is -2.94. The van der Waals surface area contributed by atoms with Crippen LogP contribution in [0.4, 0.5) is 14.5 Å². The average molecular weight is 482 g/mol. The Morgan fingerprint density at radius 1 is 1.06 bits per heavy atom. The lowest BCUT2D eigenvalue weighted by atomic mass is 10.2. The van der Waals surface area contributed by atoms with Gasteiger partial charge in [0.2, 0.25) is 15.9 Å². The number of hydrogen-bond acceptors (Lipinski definition) is 6. The Balaban J connectivity index is 1.51. The molecule has 13 heteroatoms. The number of rotatable bonds is 7. The van der Waals surface area contributed by atoms with E-state index in [9.17, 15) is 36.9 Å². The first kappa shape index (κ1) is 24.2. The van der Waals surface area contributed by atoms with Gasteiger partial charge in [0.05, 0.1) is 15.4 Å². The zero-order valence-electron chi connectivity index (χ0n) is 17.2. The lowest BCUT2D eigenvalue weighted by molar-refractivity contribution is -0.385. The summed E-state index contributed by atoms with van der Waals surface area (Å²) in [6.07, 6.45) is -0.0911. The van der Waals surface area contributed by atoms with E-state index in [0.29, 0.717) is 6.07 Å². The summed E-state index contributed by atoms with van der Waals surface area (Å²) in [7, 11) is -3.96. The number of nitrogens with one attached hydrogen (secondary N) is 1. The fourth-order valence-electron chi connectivity index (χ4n) is 3.29. The topological polar surface area (TPSA) is 130 Å². The van der Waals surface area contributed by atoms with E-state index < -0.39 is 32.5 Å². The minimum atomic E-state index is -3.96. The van der Waals surface area contributed by atoms with E-state index in [1.807, 2.05) is 0 Å². The molecule has 0 aromatic heterocycles. The molecular formula is C20H20F2N4O6S. The molecule has 3 rings (SSSR count). The number of sulfonamides is 1. The summed E-state index contributed by atoms with van der Waals surface area (Å²) < 4.78 is 53.2. The smallest absolute Gasteiger partial charge is 0.270 e. The summed E-state index contributed by atoms with van der Waals surface area (Å²) >= 11 is 0. The standard InChI is InChI=1S/C20H20F2N4O6S/c21-14-4-5-17(18(22)12-14)20(28)23-7-6-19(27)24-8-10-25(11-9-24)33(31,32)16-3-1-2-15(13-16)26(29)30/h1-5,12-13H,6-11H2,(H,23,28). The van der Waals surface area contributed by atoms with Crippen LogP contribution in [0.25, 0.3) is 0 Å². The maximum Gasteiger partial charge on any atom is 0.270 e. The number of carbonyl (C=O) groups is 2. The number of nitro groups is 1. The minimum Gasteiger partial charge on any atom is -0.351 e. The predicted octanol–water partition coefficient (Wildman–Crippen LogP) is 1.53. The first-order chi connectivity index (χ1) is 15.6. The van der Waals surface area contributed by atoms with Crippen molar-refractivity contribution in [2.24, 2.45) is 0 Å². The highest BCUT2D eigenvalue weighted by Gasteiger charge is 2.30. The molecule has 176 valence electrons. The molecule has 1 N–H and O–H groups in total. The van der Waals surface area contributed by atoms with Crippen molar-refractivity contribution in [1.29, 1.82) is 0 Å². The molecule has 0 bridgehead atoms. The third kappa shape index (κ3) is 5.68. The SMILES string of the molecule is O=C(NCCC(=O)N1CCN(S(=O)(=O)c2cccc([N+](=O)[O-])c2)CC1)c1ccc(F)cc1F. The average Bonchev–Trinajstić information content (AvgIpc) is 2.79. The molecule has 0 atom stereocenters. The van der Waals surface area contributed by atoms with Crippen LogP contribution in [-0.2, 0) is 14.8 Å². The molecule has 0 unspecified atom stereocenters. The number of halogens is 2. The van der Waals surface area contributed by atoms with Gasteiger partial charge in [-0.2, -0.15) is 4.31 Å². The van der Waals surface area contributed by atoms with Crippen LogP contribution in [0.5, 0.6) is 0 Å². The van der Waals surface area contributed by atoms with Crippen molar-refractivity contribution >= 4 is 27.5 Å². The number of piperazine rings is 1. The Labute approximate surface area is 188 Å². The van der Waals surface area contributed by atoms with Crippen LogP contribution in [0.15, 0.2) is 47.4 Å². The Morgan fingerprint density at radius 3 is 2.39 bits per heavy atom. The molecule has 0 spiro atoms. The van der Waals surface area contributed by atoms with Gasteiger partial charge in [0, 0.05) is 57.3 Å². The Kier molecular flexibility index (Phi) is 7.33. The number of benzene rings is 2. The van der Waals surface area contributed by atoms with E-state index in [4.69, 9.17) is 0 Å². The fraction of sp³-hybridized carbons (Fsp3) is 0.300. The second-order valence-corrected chi connectivity index (χ2v) is 9.11. The van der Waals surface area contributed by atoms with Gasteiger partial charge >= 0.3 is 0 Å². The summed E-state index contributed by atoms with van der Waals surface area (Å²) in [6.45, 7) is 0.134. The van der Waals surface area contributed by atoms with E-state index >= 15 is 0 Å². The van der Waals surface area contributed by atoms with Crippen molar-refractivity contribution < 1.29 is 31.7 Å². The molecule has 1 fully saturated rings. The van der Waals surface area contributed by atoms with Gasteiger partial charge in [-0.05, 0) is 18.2 Å². The molecule has 10 nitrogen and oxygen atoms in total. The summed E-state index contributed by atoms with van der Waals surface area (Å²) in [5.41, 5.74) is -0.684. The van der Waals surface area contributed by atoms with Gasteiger partial charge in [0.15, 0.2) is 0 Å². The lowest BCUT2D eigenvalue weighted by Crippen LogP contribution is -2.50. The van der Waals surface area contributed by atoms with Crippen molar-refractivity contribution in [3.8, 4) is 0 Å². The largest absolute Gasteiger partial charge is 0.351 e. The minimum absolute atomic E-state index is 0.00388. The predicted molar refractivity (Wildman–Crippen MR) is 112 cm³/mol. The van der Waals surface area contributed by atoms with Gasteiger partial charge in [-0.1, -0.05) is 6.07 Å². The molecule has 1 saturated heterocycles. The number of nitrogens with zero attached hydrogens (tertiary/aromatic N) is 3. The molecule has 2 aromatic rings. The van der Waals surface area contributed by atoms with E-state index in [1.54, 1.807) is 0 Å². The molecule has 0 saturated carbocycles. The normalized spacial score (nSPS) is 14.7. The molecule has 0 aliphatic carbocycles. The number of amides is 2. The second kappa shape index (κ2) is 10.0. The Hall–Kier alpha value is -3.45. The van der Waals surface area contributed by atoms with Crippen LogP contribution >= 0.6 is 0 Å². The maximum atomic E-state index is 13.6. The second-order valence-electron chi connectivity index (χ2n) is 7.17. The quantitative estimate of drug-likeness (QED) is 0.471. The summed E-state index contributed by atoms with van der Waals surface area (Å²) in [6, 6.07) is 7.27. The van der Waals surface area contributed by atoms with Gasteiger partial charge in [-0.25, -0.2) is 17.2 Å². The van der Waals surface area contributed by atoms with Crippen LogP contribution in [0.3, 0.4) is 0 Å². The first-order valence-corrected chi connectivity index (χ1v) is 11.3. The highest BCUT2D eigenvalue weighted by Crippen LogP contribution is 2.22. The fourth-order valence-corrected chi connectivity index (χ4v) is 4.76. The van der Waals surface area contributed by atoms with Gasteiger partial charge in [-0.3, -0.25) is 19.7 Å². The van der Waals surface area contributed by atoms with E-state index in [1.165, 1.54) is 23.1 Å². The highest BCUT2D eigenvalue weighted by atomic mass is 32.2. The number of nitro benzene ring substituents is 1. The maximum absolute atomic E-state index is 13.6. The lowest BCUT2D eigenvalue weighted by Gasteiger charge is -2.34. The number of carbonyl (C=O) groups excluding carboxylic acids is 2. The van der Waals surface area contributed by atoms with E-state index in [0.717, 1.165) is 22.5 Å². The van der Waals surface area contributed by atoms with Gasteiger partial charge in [0.1, 0.15) is 11.6 Å². The number of non-ortho nitro benzene ring substituents is 1. The van der Waals surface area contributed by atoms with Crippen LogP contribution in [0.1, 0.15) is 16.8 Å². The van der Waals surface area contributed by atoms with Crippen molar-refractivity contribution in [3.63, 3.8) is 0 Å². The molecule has 1 aliphatic rings. The highest BCUT2D eigenvalue weighted by molar-refractivity contribution is 7.89.